The van der Waals surface area contributed by atoms with Gasteiger partial charge in [-0.05, 0) is 42.7 Å². The maximum atomic E-state index is 9.87. The summed E-state index contributed by atoms with van der Waals surface area (Å²) in [5.41, 5.74) is 2.77. The van der Waals surface area contributed by atoms with E-state index in [1.807, 2.05) is 0 Å². The van der Waals surface area contributed by atoms with Gasteiger partial charge in [0.25, 0.3) is 0 Å². The monoisotopic (exact) mass is 482 g/mol. The minimum atomic E-state index is -10.7. The normalized spacial score (nSPS) is 14.4. The van der Waals surface area contributed by atoms with Gasteiger partial charge in [-0.2, -0.15) is 0 Å². The van der Waals surface area contributed by atoms with E-state index >= 15 is 0 Å². The van der Waals surface area contributed by atoms with Crippen LogP contribution in [0, 0.1) is 14.1 Å². The molecule has 8 heteroatoms. The molecule has 0 amide bonds. The molecule has 0 saturated carbocycles. The summed E-state index contributed by atoms with van der Waals surface area (Å²) in [4.78, 5) is 0. The van der Waals surface area contributed by atoms with Crippen LogP contribution in [0.25, 0.3) is 0 Å². The van der Waals surface area contributed by atoms with Gasteiger partial charge in [-0.15, -0.1) is 0 Å². The second-order valence-electron chi connectivity index (χ2n) is 5.55. The van der Waals surface area contributed by atoms with Crippen molar-refractivity contribution in [1.29, 1.82) is 0 Å². The first-order chi connectivity index (χ1) is 10.6. The third-order valence-corrected chi connectivity index (χ3v) is 5.45. The molecule has 0 aromatic heterocycles. The van der Waals surface area contributed by atoms with E-state index in [9.17, 15) is 25.2 Å². The molecule has 0 aliphatic heterocycles. The molecule has 136 valence electrons. The first-order valence-electron chi connectivity index (χ1n) is 6.98. The van der Waals surface area contributed by atoms with Gasteiger partial charge in [-0.25, -0.2) is 0 Å². The molecule has 0 fully saturated rings. The molecule has 0 aliphatic carbocycles. The van der Waals surface area contributed by atoms with E-state index in [0.29, 0.717) is 5.92 Å². The fraction of sp³-hybridized carbons (Fsp3) is 0.250. The second-order valence-corrected chi connectivity index (χ2v) is 10.5. The van der Waals surface area contributed by atoms with Crippen LogP contribution in [0.4, 0.5) is 25.2 Å². The van der Waals surface area contributed by atoms with Crippen LogP contribution >= 0.6 is 7.81 Å². The number of benzene rings is 2. The van der Waals surface area contributed by atoms with E-state index in [2.05, 4.69) is 69.3 Å². The Kier molecular flexibility index (Phi) is 6.04. The van der Waals surface area contributed by atoms with Crippen LogP contribution in [0.15, 0.2) is 48.5 Å². The SMILES string of the molecule is Cc1ccc([I+]c2ccc(C(C)C)cc2)cc1.F[P-](F)(F)(F)(F)F. The molecule has 0 heterocycles. The summed E-state index contributed by atoms with van der Waals surface area (Å²) < 4.78 is 62.2. The molecule has 0 atom stereocenters. The van der Waals surface area contributed by atoms with Crippen LogP contribution < -0.4 is 21.2 Å². The predicted octanol–water partition coefficient (Wildman–Crippen LogP) is 4.63. The molecule has 0 N–H and O–H groups in total. The summed E-state index contributed by atoms with van der Waals surface area (Å²) in [7, 11) is -10.7. The molecule has 0 unspecified atom stereocenters. The number of hydrogen-bond acceptors (Lipinski definition) is 0. The zero-order valence-corrected chi connectivity index (χ0v) is 16.3. The van der Waals surface area contributed by atoms with Crippen LogP contribution in [0.3, 0.4) is 0 Å². The maximum absolute atomic E-state index is 10.7. The van der Waals surface area contributed by atoms with Gasteiger partial charge >= 0.3 is 54.2 Å². The van der Waals surface area contributed by atoms with Crippen molar-refractivity contribution in [1.82, 2.24) is 0 Å². The van der Waals surface area contributed by atoms with Gasteiger partial charge in [0.1, 0.15) is 0 Å². The van der Waals surface area contributed by atoms with Gasteiger partial charge in [-0.1, -0.05) is 43.7 Å². The fourth-order valence-electron chi connectivity index (χ4n) is 1.63. The van der Waals surface area contributed by atoms with Crippen molar-refractivity contribution in [2.24, 2.45) is 0 Å². The molecule has 0 spiro atoms. The van der Waals surface area contributed by atoms with Crippen molar-refractivity contribution >= 4 is 7.81 Å². The first-order valence-corrected chi connectivity index (χ1v) is 11.2. The fourth-order valence-corrected chi connectivity index (χ4v) is 3.79. The minimum absolute atomic E-state index is 0.0167. The Hall–Kier alpha value is -0.820. The Morgan fingerprint density at radius 3 is 1.38 bits per heavy atom. The summed E-state index contributed by atoms with van der Waals surface area (Å²) in [5, 5.41) is 0. The van der Waals surface area contributed by atoms with Gasteiger partial charge in [0.2, 0.25) is 0 Å². The van der Waals surface area contributed by atoms with Gasteiger partial charge in [-0.3, -0.25) is 0 Å². The van der Waals surface area contributed by atoms with E-state index in [1.54, 1.807) is 0 Å². The van der Waals surface area contributed by atoms with Gasteiger partial charge in [0.05, 0.1) is 0 Å². The molecule has 2 rings (SSSR count). The van der Waals surface area contributed by atoms with Gasteiger partial charge in [0.15, 0.2) is 7.14 Å². The molecule has 24 heavy (non-hydrogen) atoms. The molecule has 0 radical (unpaired) electrons. The predicted molar refractivity (Wildman–Crippen MR) is 82.7 cm³/mol. The molecule has 2 aromatic carbocycles. The molecule has 0 aliphatic rings. The zero-order chi connectivity index (χ0) is 18.7. The Morgan fingerprint density at radius 2 is 1.04 bits per heavy atom. The van der Waals surface area contributed by atoms with Crippen molar-refractivity contribution in [2.75, 3.05) is 0 Å². The Balaban J connectivity index is 0.000000351. The summed E-state index contributed by atoms with van der Waals surface area (Å²) in [6.45, 7) is 6.62. The van der Waals surface area contributed by atoms with E-state index in [-0.39, 0.29) is 21.2 Å². The van der Waals surface area contributed by atoms with Crippen molar-refractivity contribution in [3.8, 4) is 0 Å². The summed E-state index contributed by atoms with van der Waals surface area (Å²) in [6, 6.07) is 18.1. The van der Waals surface area contributed by atoms with E-state index in [1.165, 1.54) is 18.3 Å². The second kappa shape index (κ2) is 6.83. The van der Waals surface area contributed by atoms with E-state index in [0.717, 1.165) is 0 Å². The van der Waals surface area contributed by atoms with Crippen molar-refractivity contribution in [3.05, 3.63) is 66.8 Å². The number of rotatable bonds is 3. The summed E-state index contributed by atoms with van der Waals surface area (Å²) in [6.07, 6.45) is 0. The number of aryl methyl sites for hydroxylation is 1. The average molecular weight is 482 g/mol. The Morgan fingerprint density at radius 1 is 0.708 bits per heavy atom. The van der Waals surface area contributed by atoms with E-state index < -0.39 is 7.81 Å². The van der Waals surface area contributed by atoms with Crippen molar-refractivity contribution in [2.45, 2.75) is 26.7 Å². The average Bonchev–Trinajstić information content (AvgIpc) is 2.38. The van der Waals surface area contributed by atoms with Crippen molar-refractivity contribution in [3.63, 3.8) is 0 Å². The molecular weight excluding hydrogens is 464 g/mol. The zero-order valence-electron chi connectivity index (χ0n) is 13.3. The Bertz CT molecular complexity index is 649. The summed E-state index contributed by atoms with van der Waals surface area (Å²) in [5.74, 6) is 0.627. The van der Waals surface area contributed by atoms with E-state index in [4.69, 9.17) is 0 Å². The Labute approximate surface area is 147 Å². The van der Waals surface area contributed by atoms with Crippen LogP contribution in [-0.4, -0.2) is 0 Å². The molecule has 0 nitrogen and oxygen atoms in total. The van der Waals surface area contributed by atoms with Crippen molar-refractivity contribution < 1.29 is 46.4 Å². The quantitative estimate of drug-likeness (QED) is 0.340. The van der Waals surface area contributed by atoms with Gasteiger partial charge in [0, 0.05) is 0 Å². The summed E-state index contributed by atoms with van der Waals surface area (Å²) >= 11 is -0.0167. The van der Waals surface area contributed by atoms with Crippen LogP contribution in [0.5, 0.6) is 0 Å². The number of halogens is 7. The van der Waals surface area contributed by atoms with Gasteiger partial charge < -0.3 is 0 Å². The van der Waals surface area contributed by atoms with Crippen LogP contribution in [-0.2, 0) is 0 Å². The third-order valence-electron chi connectivity index (χ3n) is 2.77. The topological polar surface area (TPSA) is 0 Å². The first kappa shape index (κ1) is 21.2. The number of hydrogen-bond donors (Lipinski definition) is 0. The molecule has 2 aromatic rings. The molecule has 0 bridgehead atoms. The third kappa shape index (κ3) is 11.7. The van der Waals surface area contributed by atoms with Crippen LogP contribution in [0.1, 0.15) is 30.9 Å². The van der Waals surface area contributed by atoms with Crippen LogP contribution in [0.2, 0.25) is 0 Å². The molecule has 0 saturated heterocycles. The molecular formula is C16H18F6IP. The standard InChI is InChI=1S/C16H18I.F6P/c1-12(2)14-6-10-16(11-7-14)17-15-8-4-13(3)5-9-15;1-7(2,3,4,5)6/h4-12H,1-3H3;/q+1;-1.